The van der Waals surface area contributed by atoms with Gasteiger partial charge in [0.2, 0.25) is 5.91 Å². The highest BCUT2D eigenvalue weighted by Gasteiger charge is 2.41. The number of benzene rings is 2. The lowest BCUT2D eigenvalue weighted by Crippen LogP contribution is -2.54. The molecule has 204 valence electrons. The smallest absolute Gasteiger partial charge is 0.261 e. The maximum Gasteiger partial charge on any atom is 0.261 e. The van der Waals surface area contributed by atoms with Crippen LogP contribution in [0.5, 0.6) is 11.5 Å². The predicted octanol–water partition coefficient (Wildman–Crippen LogP) is 5.63. The molecular weight excluding hydrogens is 496 g/mol. The Balaban J connectivity index is 1.39. The molecule has 2 aromatic carbocycles. The molecule has 2 amide bonds. The van der Waals surface area contributed by atoms with Crippen molar-refractivity contribution in [1.29, 1.82) is 0 Å². The van der Waals surface area contributed by atoms with E-state index in [2.05, 4.69) is 36.5 Å². The van der Waals surface area contributed by atoms with Gasteiger partial charge in [0, 0.05) is 17.8 Å². The maximum atomic E-state index is 13.6. The summed E-state index contributed by atoms with van der Waals surface area (Å²) in [6.07, 6.45) is 7.96. The summed E-state index contributed by atoms with van der Waals surface area (Å²) in [5.41, 5.74) is 3.37. The first-order valence-electron chi connectivity index (χ1n) is 14.0. The van der Waals surface area contributed by atoms with Crippen LogP contribution in [0, 0.1) is 0 Å². The van der Waals surface area contributed by atoms with Crippen molar-refractivity contribution in [2.45, 2.75) is 70.6 Å². The molecule has 1 N–H and O–H groups in total. The summed E-state index contributed by atoms with van der Waals surface area (Å²) in [6.45, 7) is 7.76. The highest BCUT2D eigenvalue weighted by molar-refractivity contribution is 8.04. The first kappa shape index (κ1) is 28.1. The molecule has 1 aliphatic carbocycles. The van der Waals surface area contributed by atoms with E-state index in [0.717, 1.165) is 53.2 Å². The van der Waals surface area contributed by atoms with Crippen molar-refractivity contribution in [3.63, 3.8) is 0 Å². The van der Waals surface area contributed by atoms with Gasteiger partial charge < -0.3 is 19.7 Å². The first-order valence-corrected chi connectivity index (χ1v) is 14.8. The lowest BCUT2D eigenvalue weighted by molar-refractivity contribution is -0.135. The number of carbonyl (C=O) groups is 2. The molecule has 0 aromatic heterocycles. The number of thioether (sulfide) groups is 1. The number of hydrogen-bond donors (Lipinski definition) is 1. The minimum atomic E-state index is -0.114. The summed E-state index contributed by atoms with van der Waals surface area (Å²) >= 11 is 1.70. The fourth-order valence-corrected chi connectivity index (χ4v) is 6.64. The number of nitrogens with one attached hydrogen (secondary N) is 1. The molecule has 6 nitrogen and oxygen atoms in total. The van der Waals surface area contributed by atoms with Gasteiger partial charge in [-0.25, -0.2) is 0 Å². The molecule has 1 heterocycles. The minimum Gasteiger partial charge on any atom is -0.490 e. The van der Waals surface area contributed by atoms with E-state index >= 15 is 0 Å². The van der Waals surface area contributed by atoms with E-state index < -0.39 is 0 Å². The van der Waals surface area contributed by atoms with Crippen molar-refractivity contribution in [3.8, 4) is 11.5 Å². The summed E-state index contributed by atoms with van der Waals surface area (Å²) in [5, 5.41) is 3.38. The van der Waals surface area contributed by atoms with Gasteiger partial charge in [-0.1, -0.05) is 50.1 Å². The normalized spacial score (nSPS) is 20.2. The number of nitrogens with zero attached hydrogens (tertiary/aromatic N) is 1. The molecule has 7 heteroatoms. The molecule has 2 aromatic rings. The number of aryl methyl sites for hydroxylation is 1. The van der Waals surface area contributed by atoms with Crippen molar-refractivity contribution in [3.05, 3.63) is 64.1 Å². The molecule has 1 saturated heterocycles. The molecule has 1 saturated carbocycles. The van der Waals surface area contributed by atoms with Gasteiger partial charge in [-0.3, -0.25) is 9.59 Å². The van der Waals surface area contributed by atoms with Crippen LogP contribution in [-0.4, -0.2) is 54.3 Å². The second kappa shape index (κ2) is 13.7. The average molecular weight is 537 g/mol. The quantitative estimate of drug-likeness (QED) is 0.377. The van der Waals surface area contributed by atoms with Gasteiger partial charge in [0.1, 0.15) is 6.54 Å². The largest absolute Gasteiger partial charge is 0.490 e. The molecule has 2 atom stereocenters. The SMILES string of the molecule is CCOc1ccc(CCNC(=O)CN2C(=O)/C(=C/c3ccc(CC)cc3)SC3CCCCC32)cc1OCC. The lowest BCUT2D eigenvalue weighted by atomic mass is 9.93. The van der Waals surface area contributed by atoms with Gasteiger partial charge in [-0.2, -0.15) is 0 Å². The molecular formula is C31H40N2O4S. The van der Waals surface area contributed by atoms with Crippen LogP contribution in [0.2, 0.25) is 0 Å². The van der Waals surface area contributed by atoms with E-state index in [1.54, 1.807) is 11.8 Å². The fourth-order valence-electron chi connectivity index (χ4n) is 5.17. The van der Waals surface area contributed by atoms with Crippen molar-refractivity contribution >= 4 is 29.7 Å². The summed E-state index contributed by atoms with van der Waals surface area (Å²) in [4.78, 5) is 29.1. The molecule has 0 bridgehead atoms. The molecule has 2 fully saturated rings. The molecule has 4 rings (SSSR count). The van der Waals surface area contributed by atoms with Crippen LogP contribution < -0.4 is 14.8 Å². The van der Waals surface area contributed by atoms with E-state index in [1.165, 1.54) is 12.0 Å². The molecule has 0 spiro atoms. The zero-order valence-corrected chi connectivity index (χ0v) is 23.6. The van der Waals surface area contributed by atoms with Crippen LogP contribution in [-0.2, 0) is 22.4 Å². The summed E-state index contributed by atoms with van der Waals surface area (Å²) < 4.78 is 11.4. The third kappa shape index (κ3) is 7.13. The Bertz CT molecular complexity index is 1130. The molecule has 2 aliphatic rings. The van der Waals surface area contributed by atoms with E-state index in [4.69, 9.17) is 9.47 Å². The lowest BCUT2D eigenvalue weighted by Gasteiger charge is -2.43. The fraction of sp³-hybridized carbons (Fsp3) is 0.484. The van der Waals surface area contributed by atoms with Gasteiger partial charge in [-0.15, -0.1) is 11.8 Å². The van der Waals surface area contributed by atoms with Crippen LogP contribution in [0.15, 0.2) is 47.4 Å². The van der Waals surface area contributed by atoms with Gasteiger partial charge in [-0.05, 0) is 74.4 Å². The Morgan fingerprint density at radius 2 is 1.71 bits per heavy atom. The van der Waals surface area contributed by atoms with E-state index in [9.17, 15) is 9.59 Å². The minimum absolute atomic E-state index is 0.0271. The molecule has 1 aliphatic heterocycles. The average Bonchev–Trinajstić information content (AvgIpc) is 2.93. The van der Waals surface area contributed by atoms with Crippen LogP contribution in [0.25, 0.3) is 6.08 Å². The maximum absolute atomic E-state index is 13.6. The van der Waals surface area contributed by atoms with Crippen LogP contribution in [0.4, 0.5) is 0 Å². The van der Waals surface area contributed by atoms with Crippen molar-refractivity contribution < 1.29 is 19.1 Å². The third-order valence-electron chi connectivity index (χ3n) is 7.16. The van der Waals surface area contributed by atoms with Gasteiger partial charge in [0.25, 0.3) is 5.91 Å². The Hall–Kier alpha value is -2.93. The number of rotatable bonds is 11. The topological polar surface area (TPSA) is 67.9 Å². The standard InChI is InChI=1S/C31H40N2O4S/c1-4-22-11-13-23(14-12-22)20-29-31(35)33(25-9-7-8-10-28(25)38-29)21-30(34)32-18-17-24-15-16-26(36-5-2)27(19-24)37-6-3/h11-16,19-20,25,28H,4-10,17-18,21H2,1-3H3,(H,32,34)/b29-20-. The first-order chi connectivity index (χ1) is 18.5. The number of hydrogen-bond acceptors (Lipinski definition) is 5. The van der Waals surface area contributed by atoms with Crippen molar-refractivity contribution in [2.24, 2.45) is 0 Å². The highest BCUT2D eigenvalue weighted by atomic mass is 32.2. The zero-order valence-electron chi connectivity index (χ0n) is 22.8. The van der Waals surface area contributed by atoms with Gasteiger partial charge >= 0.3 is 0 Å². The van der Waals surface area contributed by atoms with Crippen LogP contribution >= 0.6 is 11.8 Å². The van der Waals surface area contributed by atoms with E-state index in [-0.39, 0.29) is 24.4 Å². The van der Waals surface area contributed by atoms with Crippen molar-refractivity contribution in [1.82, 2.24) is 10.2 Å². The Morgan fingerprint density at radius 3 is 2.45 bits per heavy atom. The molecule has 0 radical (unpaired) electrons. The number of carbonyl (C=O) groups excluding carboxylic acids is 2. The van der Waals surface area contributed by atoms with Crippen molar-refractivity contribution in [2.75, 3.05) is 26.3 Å². The van der Waals surface area contributed by atoms with E-state index in [1.807, 2.05) is 43.0 Å². The zero-order chi connectivity index (χ0) is 26.9. The number of amides is 2. The number of fused-ring (bicyclic) bond motifs is 1. The van der Waals surface area contributed by atoms with Crippen LogP contribution in [0.3, 0.4) is 0 Å². The second-order valence-electron chi connectivity index (χ2n) is 9.79. The highest BCUT2D eigenvalue weighted by Crippen LogP contribution is 2.42. The van der Waals surface area contributed by atoms with Gasteiger partial charge in [0.05, 0.1) is 18.1 Å². The molecule has 2 unspecified atom stereocenters. The summed E-state index contributed by atoms with van der Waals surface area (Å²) in [6, 6.07) is 14.4. The number of ether oxygens (including phenoxy) is 2. The third-order valence-corrected chi connectivity index (χ3v) is 8.56. The second-order valence-corrected chi connectivity index (χ2v) is 11.1. The Kier molecular flexibility index (Phi) is 10.2. The monoisotopic (exact) mass is 536 g/mol. The van der Waals surface area contributed by atoms with E-state index in [0.29, 0.717) is 31.4 Å². The van der Waals surface area contributed by atoms with Gasteiger partial charge in [0.15, 0.2) is 11.5 Å². The summed E-state index contributed by atoms with van der Waals surface area (Å²) in [7, 11) is 0. The Labute approximate surface area is 231 Å². The molecule has 38 heavy (non-hydrogen) atoms. The van der Waals surface area contributed by atoms with Crippen LogP contribution in [0.1, 0.15) is 63.1 Å². The predicted molar refractivity (Wildman–Crippen MR) is 155 cm³/mol. The summed E-state index contributed by atoms with van der Waals surface area (Å²) in [5.74, 6) is 1.32. The Morgan fingerprint density at radius 1 is 1.00 bits per heavy atom.